The van der Waals surface area contributed by atoms with Gasteiger partial charge in [-0.1, -0.05) is 0 Å². The van der Waals surface area contributed by atoms with Gasteiger partial charge in [-0.25, -0.2) is 0 Å². The van der Waals surface area contributed by atoms with Gasteiger partial charge in [0.15, 0.2) is 0 Å². The lowest BCUT2D eigenvalue weighted by molar-refractivity contribution is 0.141. The Morgan fingerprint density at radius 2 is 2.33 bits per heavy atom. The summed E-state index contributed by atoms with van der Waals surface area (Å²) >= 11 is 0. The lowest BCUT2D eigenvalue weighted by Crippen LogP contribution is -2.16. The van der Waals surface area contributed by atoms with Crippen LogP contribution >= 0.6 is 0 Å². The average Bonchev–Trinajstić information content (AvgIpc) is 2.74. The van der Waals surface area contributed by atoms with E-state index in [0.717, 1.165) is 18.8 Å². The summed E-state index contributed by atoms with van der Waals surface area (Å²) in [6.07, 6.45) is 1.02. The molecule has 15 heavy (non-hydrogen) atoms. The van der Waals surface area contributed by atoms with Crippen molar-refractivity contribution in [1.82, 2.24) is 0 Å². The van der Waals surface area contributed by atoms with E-state index in [-0.39, 0.29) is 6.10 Å². The van der Waals surface area contributed by atoms with Gasteiger partial charge in [-0.15, -0.1) is 0 Å². The Balaban J connectivity index is 2.11. The number of methoxy groups -OCH3 is 1. The molecule has 1 saturated heterocycles. The van der Waals surface area contributed by atoms with E-state index in [9.17, 15) is 0 Å². The van der Waals surface area contributed by atoms with Gasteiger partial charge in [-0.05, 0) is 12.1 Å². The lowest BCUT2D eigenvalue weighted by atomic mass is 10.2. The fourth-order valence-corrected chi connectivity index (χ4v) is 1.53. The Labute approximate surface area is 88.9 Å². The fourth-order valence-electron chi connectivity index (χ4n) is 1.53. The van der Waals surface area contributed by atoms with E-state index < -0.39 is 0 Å². The molecule has 4 nitrogen and oxygen atoms in total. The highest BCUT2D eigenvalue weighted by atomic mass is 16.5. The topological polar surface area (TPSA) is 53.7 Å². The van der Waals surface area contributed by atoms with Gasteiger partial charge < -0.3 is 19.9 Å². The van der Waals surface area contributed by atoms with Crippen molar-refractivity contribution in [2.75, 3.05) is 26.1 Å². The van der Waals surface area contributed by atoms with Crippen LogP contribution in [0.4, 0.5) is 5.69 Å². The second-order valence-electron chi connectivity index (χ2n) is 3.51. The first-order chi connectivity index (χ1) is 7.29. The van der Waals surface area contributed by atoms with Crippen molar-refractivity contribution in [3.8, 4) is 11.5 Å². The number of hydrogen-bond donors (Lipinski definition) is 1. The van der Waals surface area contributed by atoms with E-state index in [0.29, 0.717) is 18.0 Å². The third-order valence-corrected chi connectivity index (χ3v) is 2.40. The number of nitrogens with two attached hydrogens (primary N) is 1. The summed E-state index contributed by atoms with van der Waals surface area (Å²) < 4.78 is 16.1. The summed E-state index contributed by atoms with van der Waals surface area (Å²) in [5.74, 6) is 1.42. The molecule has 2 rings (SSSR count). The average molecular weight is 209 g/mol. The molecule has 1 fully saturated rings. The third-order valence-electron chi connectivity index (χ3n) is 2.40. The van der Waals surface area contributed by atoms with E-state index in [1.165, 1.54) is 0 Å². The highest BCUT2D eigenvalue weighted by molar-refractivity contribution is 5.55. The minimum atomic E-state index is 0.111. The van der Waals surface area contributed by atoms with Crippen LogP contribution in [0.3, 0.4) is 0 Å². The number of anilines is 1. The lowest BCUT2D eigenvalue weighted by Gasteiger charge is -2.14. The molecule has 4 heteroatoms. The maximum Gasteiger partial charge on any atom is 0.146 e. The van der Waals surface area contributed by atoms with Crippen LogP contribution in [-0.2, 0) is 4.74 Å². The molecule has 2 N–H and O–H groups in total. The molecule has 0 unspecified atom stereocenters. The van der Waals surface area contributed by atoms with Crippen LogP contribution in [0.2, 0.25) is 0 Å². The third kappa shape index (κ3) is 2.33. The van der Waals surface area contributed by atoms with Gasteiger partial charge in [0.05, 0.1) is 26.0 Å². The van der Waals surface area contributed by atoms with E-state index in [4.69, 9.17) is 19.9 Å². The second kappa shape index (κ2) is 4.40. The maximum absolute atomic E-state index is 5.80. The van der Waals surface area contributed by atoms with Crippen LogP contribution in [0.5, 0.6) is 11.5 Å². The van der Waals surface area contributed by atoms with Gasteiger partial charge >= 0.3 is 0 Å². The van der Waals surface area contributed by atoms with Crippen molar-refractivity contribution in [2.45, 2.75) is 12.5 Å². The Bertz CT molecular complexity index is 335. The second-order valence-corrected chi connectivity index (χ2v) is 3.51. The number of nitrogen functional groups attached to an aromatic ring is 1. The van der Waals surface area contributed by atoms with Crippen molar-refractivity contribution in [3.63, 3.8) is 0 Å². The van der Waals surface area contributed by atoms with Gasteiger partial charge in [-0.3, -0.25) is 0 Å². The molecule has 0 aromatic heterocycles. The molecule has 0 radical (unpaired) electrons. The highest BCUT2D eigenvalue weighted by Crippen LogP contribution is 2.28. The Morgan fingerprint density at radius 1 is 1.47 bits per heavy atom. The SMILES string of the molecule is COc1ccc(N)c(O[C@H]2CCOC2)c1. The molecule has 1 heterocycles. The summed E-state index contributed by atoms with van der Waals surface area (Å²) in [4.78, 5) is 0. The molecule has 82 valence electrons. The largest absolute Gasteiger partial charge is 0.497 e. The Hall–Kier alpha value is -1.42. The number of hydrogen-bond acceptors (Lipinski definition) is 4. The van der Waals surface area contributed by atoms with E-state index in [1.54, 1.807) is 19.2 Å². The summed E-state index contributed by atoms with van der Waals surface area (Å²) in [6.45, 7) is 1.39. The smallest absolute Gasteiger partial charge is 0.146 e. The van der Waals surface area contributed by atoms with Crippen molar-refractivity contribution in [2.24, 2.45) is 0 Å². The molecule has 1 aliphatic rings. The van der Waals surface area contributed by atoms with Crippen molar-refractivity contribution >= 4 is 5.69 Å². The first kappa shape index (κ1) is 10.1. The molecule has 1 aromatic carbocycles. The molecular formula is C11H15NO3. The molecule has 0 amide bonds. The fraction of sp³-hybridized carbons (Fsp3) is 0.455. The first-order valence-corrected chi connectivity index (χ1v) is 4.97. The van der Waals surface area contributed by atoms with Crippen molar-refractivity contribution in [1.29, 1.82) is 0 Å². The molecule has 0 aliphatic carbocycles. The minimum Gasteiger partial charge on any atom is -0.497 e. The molecule has 0 bridgehead atoms. The monoisotopic (exact) mass is 209 g/mol. The van der Waals surface area contributed by atoms with Gasteiger partial charge in [0.2, 0.25) is 0 Å². The Morgan fingerprint density at radius 3 is 3.00 bits per heavy atom. The standard InChI is InChI=1S/C11H15NO3/c1-13-8-2-3-10(12)11(6-8)15-9-4-5-14-7-9/h2-3,6,9H,4-5,7,12H2,1H3/t9-/m0/s1. The molecule has 0 spiro atoms. The molecule has 1 atom stereocenters. The summed E-state index contributed by atoms with van der Waals surface area (Å²) in [6, 6.07) is 5.39. The number of rotatable bonds is 3. The summed E-state index contributed by atoms with van der Waals surface area (Å²) in [7, 11) is 1.62. The minimum absolute atomic E-state index is 0.111. The van der Waals surface area contributed by atoms with Crippen molar-refractivity contribution in [3.05, 3.63) is 18.2 Å². The van der Waals surface area contributed by atoms with Crippen LogP contribution in [0.15, 0.2) is 18.2 Å². The molecule has 1 aromatic rings. The summed E-state index contributed by atoms with van der Waals surface area (Å²) in [5.41, 5.74) is 6.43. The zero-order valence-corrected chi connectivity index (χ0v) is 8.73. The quantitative estimate of drug-likeness (QED) is 0.765. The first-order valence-electron chi connectivity index (χ1n) is 4.97. The number of ether oxygens (including phenoxy) is 3. The van der Waals surface area contributed by atoms with Gasteiger partial charge in [0.25, 0.3) is 0 Å². The molecule has 1 aliphatic heterocycles. The Kier molecular flexibility index (Phi) is 2.97. The van der Waals surface area contributed by atoms with E-state index >= 15 is 0 Å². The highest BCUT2D eigenvalue weighted by Gasteiger charge is 2.18. The van der Waals surface area contributed by atoms with Crippen molar-refractivity contribution < 1.29 is 14.2 Å². The van der Waals surface area contributed by atoms with Gasteiger partial charge in [0, 0.05) is 12.5 Å². The molecular weight excluding hydrogens is 194 g/mol. The van der Waals surface area contributed by atoms with Crippen LogP contribution in [0, 0.1) is 0 Å². The van der Waals surface area contributed by atoms with Gasteiger partial charge in [-0.2, -0.15) is 0 Å². The zero-order valence-electron chi connectivity index (χ0n) is 8.73. The van der Waals surface area contributed by atoms with Gasteiger partial charge in [0.1, 0.15) is 17.6 Å². The van der Waals surface area contributed by atoms with Crippen LogP contribution in [-0.4, -0.2) is 26.4 Å². The predicted molar refractivity (Wildman–Crippen MR) is 57.3 cm³/mol. The predicted octanol–water partition coefficient (Wildman–Crippen LogP) is 1.45. The van der Waals surface area contributed by atoms with E-state index in [2.05, 4.69) is 0 Å². The zero-order chi connectivity index (χ0) is 10.7. The van der Waals surface area contributed by atoms with Crippen LogP contribution in [0.25, 0.3) is 0 Å². The van der Waals surface area contributed by atoms with Crippen LogP contribution < -0.4 is 15.2 Å². The van der Waals surface area contributed by atoms with E-state index in [1.807, 2.05) is 6.07 Å². The normalized spacial score (nSPS) is 20.2. The van der Waals surface area contributed by atoms with Crippen LogP contribution in [0.1, 0.15) is 6.42 Å². The number of benzene rings is 1. The maximum atomic E-state index is 5.80. The summed E-state index contributed by atoms with van der Waals surface area (Å²) in [5, 5.41) is 0. The molecule has 0 saturated carbocycles.